The highest BCUT2D eigenvalue weighted by Gasteiger charge is 2.42. The van der Waals surface area contributed by atoms with E-state index in [2.05, 4.69) is 5.32 Å². The Balaban J connectivity index is 1.39. The maximum atomic E-state index is 13.1. The second kappa shape index (κ2) is 8.01. The summed E-state index contributed by atoms with van der Waals surface area (Å²) in [5, 5.41) is 3.34. The Morgan fingerprint density at radius 1 is 1.04 bits per heavy atom. The van der Waals surface area contributed by atoms with E-state index in [-0.39, 0.29) is 29.9 Å². The molecular formula is C22H31N3O2. The van der Waals surface area contributed by atoms with E-state index in [1.807, 2.05) is 30.3 Å². The Kier molecular flexibility index (Phi) is 5.48. The van der Waals surface area contributed by atoms with Gasteiger partial charge in [0, 0.05) is 18.6 Å². The second-order valence-electron chi connectivity index (χ2n) is 8.62. The first-order chi connectivity index (χ1) is 13.1. The molecule has 146 valence electrons. The third kappa shape index (κ3) is 4.03. The van der Waals surface area contributed by atoms with Gasteiger partial charge in [-0.05, 0) is 55.9 Å². The Bertz CT molecular complexity index is 663. The van der Waals surface area contributed by atoms with Crippen LogP contribution < -0.4 is 11.1 Å². The van der Waals surface area contributed by atoms with Crippen molar-refractivity contribution in [1.82, 2.24) is 10.2 Å². The monoisotopic (exact) mass is 369 g/mol. The summed E-state index contributed by atoms with van der Waals surface area (Å²) >= 11 is 0. The number of hydrogen-bond acceptors (Lipinski definition) is 3. The molecule has 0 spiro atoms. The molecule has 5 heteroatoms. The molecule has 3 atom stereocenters. The fourth-order valence-corrected chi connectivity index (χ4v) is 5.50. The first kappa shape index (κ1) is 18.5. The summed E-state index contributed by atoms with van der Waals surface area (Å²) in [5.41, 5.74) is 7.21. The van der Waals surface area contributed by atoms with Crippen LogP contribution in [0.4, 0.5) is 0 Å². The zero-order chi connectivity index (χ0) is 18.8. The number of amides is 2. The van der Waals surface area contributed by atoms with Crippen LogP contribution in [0.3, 0.4) is 0 Å². The van der Waals surface area contributed by atoms with Crippen LogP contribution in [0.25, 0.3) is 0 Å². The van der Waals surface area contributed by atoms with Crippen molar-refractivity contribution < 1.29 is 9.59 Å². The highest BCUT2D eigenvalue weighted by Crippen LogP contribution is 2.39. The molecule has 3 fully saturated rings. The summed E-state index contributed by atoms with van der Waals surface area (Å²) in [6.07, 6.45) is 7.65. The van der Waals surface area contributed by atoms with Gasteiger partial charge in [0.15, 0.2) is 0 Å². The zero-order valence-corrected chi connectivity index (χ0v) is 16.0. The summed E-state index contributed by atoms with van der Waals surface area (Å²) < 4.78 is 0. The average molecular weight is 370 g/mol. The number of fused-ring (bicyclic) bond motifs is 2. The van der Waals surface area contributed by atoms with E-state index in [4.69, 9.17) is 5.73 Å². The number of rotatable bonds is 4. The molecule has 0 radical (unpaired) electrons. The number of nitrogens with one attached hydrogen (secondary N) is 1. The third-order valence-electron chi connectivity index (χ3n) is 6.76. The van der Waals surface area contributed by atoms with Crippen LogP contribution in [0.5, 0.6) is 0 Å². The van der Waals surface area contributed by atoms with Crippen LogP contribution in [-0.2, 0) is 16.0 Å². The lowest BCUT2D eigenvalue weighted by molar-refractivity contribution is -0.139. The minimum atomic E-state index is -0.308. The minimum Gasteiger partial charge on any atom is -0.351 e. The Morgan fingerprint density at radius 3 is 2.44 bits per heavy atom. The van der Waals surface area contributed by atoms with Crippen molar-refractivity contribution in [3.8, 4) is 0 Å². The molecule has 2 bridgehead atoms. The topological polar surface area (TPSA) is 75.4 Å². The summed E-state index contributed by atoms with van der Waals surface area (Å²) in [6.45, 7) is 0.687. The predicted molar refractivity (Wildman–Crippen MR) is 105 cm³/mol. The number of carbonyl (C=O) groups excluding carboxylic acids is 2. The van der Waals surface area contributed by atoms with Gasteiger partial charge >= 0.3 is 0 Å². The van der Waals surface area contributed by atoms with Gasteiger partial charge < -0.3 is 16.0 Å². The number of nitrogens with two attached hydrogens (primary N) is 1. The zero-order valence-electron chi connectivity index (χ0n) is 16.0. The normalized spacial score (nSPS) is 32.9. The van der Waals surface area contributed by atoms with Gasteiger partial charge in [0.25, 0.3) is 0 Å². The highest BCUT2D eigenvalue weighted by atomic mass is 16.2. The predicted octanol–water partition coefficient (Wildman–Crippen LogP) is 2.24. The van der Waals surface area contributed by atoms with Crippen LogP contribution >= 0.6 is 0 Å². The summed E-state index contributed by atoms with van der Waals surface area (Å²) in [7, 11) is 0. The Hall–Kier alpha value is -1.88. The molecule has 2 saturated carbocycles. The van der Waals surface area contributed by atoms with E-state index >= 15 is 0 Å². The van der Waals surface area contributed by atoms with Crippen LogP contribution in [0.1, 0.15) is 50.5 Å². The molecule has 1 heterocycles. The molecule has 1 saturated heterocycles. The lowest BCUT2D eigenvalue weighted by Gasteiger charge is -2.45. The molecule has 3 unspecified atom stereocenters. The fraction of sp³-hybridized carbons (Fsp3) is 0.636. The van der Waals surface area contributed by atoms with Crippen molar-refractivity contribution in [2.75, 3.05) is 6.54 Å². The van der Waals surface area contributed by atoms with Gasteiger partial charge in [0.1, 0.15) is 6.04 Å². The van der Waals surface area contributed by atoms with Gasteiger partial charge in [-0.3, -0.25) is 9.59 Å². The third-order valence-corrected chi connectivity index (χ3v) is 6.76. The molecule has 2 amide bonds. The Labute approximate surface area is 161 Å². The number of benzene rings is 1. The van der Waals surface area contributed by atoms with Crippen LogP contribution in [0.15, 0.2) is 30.3 Å². The van der Waals surface area contributed by atoms with Gasteiger partial charge in [-0.1, -0.05) is 36.8 Å². The minimum absolute atomic E-state index is 0.0475. The van der Waals surface area contributed by atoms with E-state index in [0.717, 1.165) is 44.1 Å². The first-order valence-corrected chi connectivity index (χ1v) is 10.5. The molecule has 0 aromatic heterocycles. The van der Waals surface area contributed by atoms with Gasteiger partial charge in [0.2, 0.25) is 11.8 Å². The number of hydrogen-bond donors (Lipinski definition) is 2. The van der Waals surface area contributed by atoms with Crippen molar-refractivity contribution in [2.24, 2.45) is 17.6 Å². The largest absolute Gasteiger partial charge is 0.351 e. The Morgan fingerprint density at radius 2 is 1.74 bits per heavy atom. The van der Waals surface area contributed by atoms with Gasteiger partial charge in [-0.2, -0.15) is 0 Å². The standard InChI is InChI=1S/C22H31N3O2/c23-18-13-16-8-4-9-17(14-18)21(16)24-22(27)19-10-5-11-25(19)20(26)12-15-6-2-1-3-7-15/h1-3,6-7,16-19,21H,4-5,8-14,23H2,(H,24,27). The smallest absolute Gasteiger partial charge is 0.243 e. The number of carbonyl (C=O) groups is 2. The lowest BCUT2D eigenvalue weighted by Crippen LogP contribution is -2.57. The van der Waals surface area contributed by atoms with Crippen LogP contribution in [-0.4, -0.2) is 41.4 Å². The molecule has 1 aromatic carbocycles. The SMILES string of the molecule is NC1CC2CCCC(C1)C2NC(=O)C1CCCN1C(=O)Cc1ccccc1. The quantitative estimate of drug-likeness (QED) is 0.855. The van der Waals surface area contributed by atoms with E-state index in [1.165, 1.54) is 6.42 Å². The average Bonchev–Trinajstić information content (AvgIpc) is 3.13. The summed E-state index contributed by atoms with van der Waals surface area (Å²) in [6, 6.07) is 10.0. The van der Waals surface area contributed by atoms with Gasteiger partial charge in [0.05, 0.1) is 6.42 Å². The first-order valence-electron chi connectivity index (χ1n) is 10.5. The molecule has 1 aliphatic heterocycles. The van der Waals surface area contributed by atoms with E-state index in [9.17, 15) is 9.59 Å². The molecule has 5 nitrogen and oxygen atoms in total. The highest BCUT2D eigenvalue weighted by molar-refractivity contribution is 5.89. The van der Waals surface area contributed by atoms with Crippen molar-refractivity contribution in [3.05, 3.63) is 35.9 Å². The molecule has 3 aliphatic rings. The van der Waals surface area contributed by atoms with Crippen molar-refractivity contribution in [2.45, 2.75) is 69.5 Å². The fourth-order valence-electron chi connectivity index (χ4n) is 5.50. The van der Waals surface area contributed by atoms with Crippen LogP contribution in [0.2, 0.25) is 0 Å². The molecule has 1 aromatic rings. The molecule has 4 rings (SSSR count). The van der Waals surface area contributed by atoms with Crippen molar-refractivity contribution >= 4 is 11.8 Å². The maximum Gasteiger partial charge on any atom is 0.243 e. The lowest BCUT2D eigenvalue weighted by atomic mass is 9.67. The summed E-state index contributed by atoms with van der Waals surface area (Å²) in [5.74, 6) is 1.12. The maximum absolute atomic E-state index is 13.1. The molecule has 2 aliphatic carbocycles. The van der Waals surface area contributed by atoms with Gasteiger partial charge in [-0.25, -0.2) is 0 Å². The summed E-state index contributed by atoms with van der Waals surface area (Å²) in [4.78, 5) is 27.6. The molecule has 27 heavy (non-hydrogen) atoms. The van der Waals surface area contributed by atoms with E-state index in [0.29, 0.717) is 24.8 Å². The number of nitrogens with zero attached hydrogens (tertiary/aromatic N) is 1. The molecular weight excluding hydrogens is 338 g/mol. The van der Waals surface area contributed by atoms with E-state index in [1.54, 1.807) is 4.90 Å². The van der Waals surface area contributed by atoms with Crippen molar-refractivity contribution in [3.63, 3.8) is 0 Å². The molecule has 3 N–H and O–H groups in total. The van der Waals surface area contributed by atoms with E-state index < -0.39 is 0 Å². The van der Waals surface area contributed by atoms with Gasteiger partial charge in [-0.15, -0.1) is 0 Å². The van der Waals surface area contributed by atoms with Crippen LogP contribution in [0, 0.1) is 11.8 Å². The second-order valence-corrected chi connectivity index (χ2v) is 8.62. The number of likely N-dealkylation sites (tertiary alicyclic amines) is 1. The van der Waals surface area contributed by atoms with Crippen molar-refractivity contribution in [1.29, 1.82) is 0 Å².